The van der Waals surface area contributed by atoms with Gasteiger partial charge in [-0.05, 0) is 48.3 Å². The van der Waals surface area contributed by atoms with Crippen LogP contribution in [0.2, 0.25) is 0 Å². The maximum atomic E-state index is 6.09. The number of hydrogen-bond donors (Lipinski definition) is 0. The Hall–Kier alpha value is -0.630. The molecule has 0 amide bonds. The highest BCUT2D eigenvalue weighted by atomic mass is 127. The molecule has 2 unspecified atom stereocenters. The van der Waals surface area contributed by atoms with Crippen LogP contribution in [0.5, 0.6) is 6.01 Å². The van der Waals surface area contributed by atoms with Crippen LogP contribution in [0.15, 0.2) is 6.07 Å². The van der Waals surface area contributed by atoms with Gasteiger partial charge in [-0.2, -0.15) is 9.97 Å². The van der Waals surface area contributed by atoms with Gasteiger partial charge >= 0.3 is 6.01 Å². The van der Waals surface area contributed by atoms with Gasteiger partial charge < -0.3 is 14.4 Å². The molecule has 4 atom stereocenters. The van der Waals surface area contributed by atoms with Crippen molar-refractivity contribution in [3.8, 4) is 6.01 Å². The topological polar surface area (TPSA) is 47.5 Å². The van der Waals surface area contributed by atoms with Crippen LogP contribution in [0, 0.1) is 15.5 Å². The third-order valence-corrected chi connectivity index (χ3v) is 4.79. The second-order valence-electron chi connectivity index (χ2n) is 5.93. The number of rotatable bonds is 2. The minimum atomic E-state index is 0.175. The van der Waals surface area contributed by atoms with Crippen LogP contribution in [-0.4, -0.2) is 42.4 Å². The van der Waals surface area contributed by atoms with E-state index in [4.69, 9.17) is 9.47 Å². The van der Waals surface area contributed by atoms with Gasteiger partial charge in [-0.1, -0.05) is 13.8 Å². The number of halogens is 1. The van der Waals surface area contributed by atoms with Gasteiger partial charge in [0.05, 0.1) is 19.3 Å². The Kier molecular flexibility index (Phi) is 5.65. The summed E-state index contributed by atoms with van der Waals surface area (Å²) in [5, 5.41) is 0. The average molecular weight is 405 g/mol. The van der Waals surface area contributed by atoms with Gasteiger partial charge in [-0.25, -0.2) is 0 Å². The van der Waals surface area contributed by atoms with Crippen molar-refractivity contribution in [2.45, 2.75) is 39.9 Å². The second-order valence-corrected chi connectivity index (χ2v) is 7.03. The molecule has 6 heteroatoms. The van der Waals surface area contributed by atoms with E-state index in [1.54, 1.807) is 7.11 Å². The van der Waals surface area contributed by atoms with Crippen LogP contribution in [0.25, 0.3) is 0 Å². The Bertz CT molecular complexity index is 486. The van der Waals surface area contributed by atoms with E-state index >= 15 is 0 Å². The normalized spacial score (nSPS) is 30.7. The number of ether oxygens (including phenoxy) is 2. The van der Waals surface area contributed by atoms with Crippen LogP contribution >= 0.6 is 22.6 Å². The van der Waals surface area contributed by atoms with E-state index in [1.807, 2.05) is 6.07 Å². The zero-order valence-electron chi connectivity index (χ0n) is 13.3. The summed E-state index contributed by atoms with van der Waals surface area (Å²) in [6, 6.07) is 2.42. The van der Waals surface area contributed by atoms with Crippen LogP contribution < -0.4 is 9.64 Å². The highest BCUT2D eigenvalue weighted by Crippen LogP contribution is 2.26. The minimum Gasteiger partial charge on any atom is -0.467 e. The fourth-order valence-electron chi connectivity index (χ4n) is 2.72. The number of hydrogen-bond acceptors (Lipinski definition) is 5. The minimum absolute atomic E-state index is 0.175. The van der Waals surface area contributed by atoms with Gasteiger partial charge in [-0.3, -0.25) is 0 Å². The summed E-state index contributed by atoms with van der Waals surface area (Å²) in [6.45, 7) is 10.6. The summed E-state index contributed by atoms with van der Waals surface area (Å²) in [6.07, 6.45) is 0.464. The molecule has 1 aromatic rings. The summed E-state index contributed by atoms with van der Waals surface area (Å²) >= 11 is 2.20. The van der Waals surface area contributed by atoms with Crippen molar-refractivity contribution in [1.82, 2.24) is 9.97 Å². The molecule has 1 aliphatic heterocycles. The number of nitrogens with zero attached hydrogens (tertiary/aromatic N) is 3. The molecular weight excluding hydrogens is 381 g/mol. The number of aromatic nitrogens is 2. The van der Waals surface area contributed by atoms with E-state index in [1.165, 1.54) is 0 Å². The Morgan fingerprint density at radius 1 is 1.24 bits per heavy atom. The maximum absolute atomic E-state index is 6.09. The summed E-state index contributed by atoms with van der Waals surface area (Å²) in [5.74, 6) is 1.96. The van der Waals surface area contributed by atoms with Gasteiger partial charge in [-0.15, -0.1) is 0 Å². The lowest BCUT2D eigenvalue weighted by Gasteiger charge is -2.38. The Morgan fingerprint density at radius 2 is 1.95 bits per heavy atom. The molecule has 5 nitrogen and oxygen atoms in total. The maximum Gasteiger partial charge on any atom is 0.319 e. The van der Waals surface area contributed by atoms with Crippen LogP contribution in [-0.2, 0) is 4.74 Å². The van der Waals surface area contributed by atoms with Crippen molar-refractivity contribution < 1.29 is 9.47 Å². The smallest absolute Gasteiger partial charge is 0.319 e. The quantitative estimate of drug-likeness (QED) is 0.560. The van der Waals surface area contributed by atoms with Gasteiger partial charge in [0.15, 0.2) is 0 Å². The van der Waals surface area contributed by atoms with Crippen LogP contribution in [0.4, 0.5) is 5.82 Å². The monoisotopic (exact) mass is 405 g/mol. The van der Waals surface area contributed by atoms with E-state index in [0.29, 0.717) is 17.8 Å². The van der Waals surface area contributed by atoms with Crippen LogP contribution in [0.1, 0.15) is 27.7 Å². The summed E-state index contributed by atoms with van der Waals surface area (Å²) in [5.41, 5.74) is 0. The molecule has 0 aliphatic carbocycles. The van der Waals surface area contributed by atoms with E-state index in [0.717, 1.165) is 22.6 Å². The predicted octanol–water partition coefficient (Wildman–Crippen LogP) is 2.98. The Morgan fingerprint density at radius 3 is 2.62 bits per heavy atom. The second kappa shape index (κ2) is 7.09. The van der Waals surface area contributed by atoms with Crippen molar-refractivity contribution in [2.24, 2.45) is 11.8 Å². The Labute approximate surface area is 140 Å². The zero-order chi connectivity index (χ0) is 15.6. The zero-order valence-corrected chi connectivity index (χ0v) is 15.5. The molecular formula is C15H24IN3O2. The first-order valence-corrected chi connectivity index (χ1v) is 8.47. The van der Waals surface area contributed by atoms with Crippen molar-refractivity contribution in [3.05, 3.63) is 9.77 Å². The SMILES string of the molecule is COc1nc(I)cc(N2CC(C)[C@H](C)C(C)O[C@H](C)C2)n1. The fraction of sp³-hybridized carbons (Fsp3) is 0.733. The van der Waals surface area contributed by atoms with E-state index in [9.17, 15) is 0 Å². The molecule has 2 heterocycles. The Balaban J connectivity index is 2.26. The van der Waals surface area contributed by atoms with Crippen molar-refractivity contribution >= 4 is 28.4 Å². The third kappa shape index (κ3) is 4.18. The molecule has 0 bridgehead atoms. The highest BCUT2D eigenvalue weighted by Gasteiger charge is 2.28. The van der Waals surface area contributed by atoms with E-state index < -0.39 is 0 Å². The van der Waals surface area contributed by atoms with Gasteiger partial charge in [0.25, 0.3) is 0 Å². The molecule has 0 aromatic carbocycles. The molecule has 1 aliphatic rings. The lowest BCUT2D eigenvalue weighted by Crippen LogP contribution is -2.44. The number of anilines is 1. The largest absolute Gasteiger partial charge is 0.467 e. The molecule has 1 saturated heterocycles. The fourth-order valence-corrected chi connectivity index (χ4v) is 3.21. The molecule has 1 aromatic heterocycles. The van der Waals surface area contributed by atoms with Crippen molar-refractivity contribution in [1.29, 1.82) is 0 Å². The first-order valence-electron chi connectivity index (χ1n) is 7.39. The molecule has 1 fully saturated rings. The van der Waals surface area contributed by atoms with E-state index in [2.05, 4.69) is 65.2 Å². The lowest BCUT2D eigenvalue weighted by molar-refractivity contribution is -0.0362. The van der Waals surface area contributed by atoms with Crippen molar-refractivity contribution in [3.63, 3.8) is 0 Å². The predicted molar refractivity (Wildman–Crippen MR) is 91.9 cm³/mol. The summed E-state index contributed by atoms with van der Waals surface area (Å²) in [7, 11) is 1.60. The van der Waals surface area contributed by atoms with Gasteiger partial charge in [0, 0.05) is 19.2 Å². The van der Waals surface area contributed by atoms with E-state index in [-0.39, 0.29) is 12.2 Å². The summed E-state index contributed by atoms with van der Waals surface area (Å²) < 4.78 is 12.2. The molecule has 0 N–H and O–H groups in total. The summed E-state index contributed by atoms with van der Waals surface area (Å²) in [4.78, 5) is 11.0. The molecule has 0 saturated carbocycles. The first kappa shape index (κ1) is 16.7. The molecule has 2 rings (SSSR count). The molecule has 0 spiro atoms. The van der Waals surface area contributed by atoms with Gasteiger partial charge in [0.1, 0.15) is 9.52 Å². The van der Waals surface area contributed by atoms with Gasteiger partial charge in [0.2, 0.25) is 0 Å². The molecule has 21 heavy (non-hydrogen) atoms. The lowest BCUT2D eigenvalue weighted by atomic mass is 9.90. The standard InChI is InChI=1S/C15H24IN3O2/c1-9-7-19(8-10(2)21-12(4)11(9)3)14-6-13(16)17-15(18-14)20-5/h6,9-12H,7-8H2,1-5H3/t9?,10-,11+,12?/m1/s1. The molecule has 0 radical (unpaired) electrons. The van der Waals surface area contributed by atoms with Crippen molar-refractivity contribution in [2.75, 3.05) is 25.1 Å². The third-order valence-electron chi connectivity index (χ3n) is 4.24. The number of methoxy groups -OCH3 is 1. The highest BCUT2D eigenvalue weighted by molar-refractivity contribution is 14.1. The van der Waals surface area contributed by atoms with Crippen LogP contribution in [0.3, 0.4) is 0 Å². The molecule has 118 valence electrons. The average Bonchev–Trinajstić information content (AvgIpc) is 2.43. The first-order chi connectivity index (χ1) is 9.90.